The lowest BCUT2D eigenvalue weighted by molar-refractivity contribution is -0.116. The summed E-state index contributed by atoms with van der Waals surface area (Å²) in [6.07, 6.45) is 9.70. The van der Waals surface area contributed by atoms with Crippen molar-refractivity contribution in [3.8, 4) is 0 Å². The monoisotopic (exact) mass is 225 g/mol. The number of hydrogen-bond donors (Lipinski definition) is 1. The first-order valence-corrected chi connectivity index (χ1v) is 6.42. The maximum atomic E-state index is 11.3. The third kappa shape index (κ3) is 8.51. The maximum Gasteiger partial charge on any atom is 0.243 e. The smallest absolute Gasteiger partial charge is 0.243 e. The normalized spacial score (nSPS) is 12.0. The molecule has 0 unspecified atom stereocenters. The number of hydrogen-bond acceptors (Lipinski definition) is 1. The Hall–Kier alpha value is -0.790. The molecule has 0 heterocycles. The van der Waals surface area contributed by atoms with Crippen molar-refractivity contribution in [2.24, 2.45) is 5.41 Å². The van der Waals surface area contributed by atoms with Crippen molar-refractivity contribution in [1.29, 1.82) is 0 Å². The number of carbonyl (C=O) groups is 1. The van der Waals surface area contributed by atoms with Gasteiger partial charge in [0.2, 0.25) is 5.91 Å². The van der Waals surface area contributed by atoms with Crippen molar-refractivity contribution in [2.45, 2.75) is 59.8 Å². The first-order chi connectivity index (χ1) is 7.52. The van der Waals surface area contributed by atoms with Gasteiger partial charge in [0.25, 0.3) is 0 Å². The summed E-state index contributed by atoms with van der Waals surface area (Å²) in [4.78, 5) is 11.3. The Morgan fingerprint density at radius 3 is 2.50 bits per heavy atom. The fourth-order valence-electron chi connectivity index (χ4n) is 1.66. The largest absolute Gasteiger partial charge is 0.352 e. The van der Waals surface area contributed by atoms with E-state index in [9.17, 15) is 4.79 Å². The van der Waals surface area contributed by atoms with Crippen LogP contribution in [0.2, 0.25) is 0 Å². The van der Waals surface area contributed by atoms with Crippen molar-refractivity contribution in [1.82, 2.24) is 5.32 Å². The minimum Gasteiger partial charge on any atom is -0.352 e. The summed E-state index contributed by atoms with van der Waals surface area (Å²) in [6.45, 7) is 9.28. The molecule has 2 nitrogen and oxygen atoms in total. The Morgan fingerprint density at radius 1 is 1.25 bits per heavy atom. The van der Waals surface area contributed by atoms with Gasteiger partial charge in [0.1, 0.15) is 0 Å². The summed E-state index contributed by atoms with van der Waals surface area (Å²) in [7, 11) is 0. The Morgan fingerprint density at radius 2 is 1.94 bits per heavy atom. The first kappa shape index (κ1) is 15.2. The molecule has 0 saturated heterocycles. The molecule has 0 bridgehead atoms. The van der Waals surface area contributed by atoms with Crippen LogP contribution in [0.25, 0.3) is 0 Å². The third-order valence-corrected chi connectivity index (χ3v) is 2.77. The quantitative estimate of drug-likeness (QED) is 0.495. The fourth-order valence-corrected chi connectivity index (χ4v) is 1.66. The van der Waals surface area contributed by atoms with Gasteiger partial charge in [-0.25, -0.2) is 0 Å². The van der Waals surface area contributed by atoms with E-state index in [-0.39, 0.29) is 11.3 Å². The van der Waals surface area contributed by atoms with Gasteiger partial charge < -0.3 is 5.32 Å². The van der Waals surface area contributed by atoms with Gasteiger partial charge in [-0.05, 0) is 24.8 Å². The third-order valence-electron chi connectivity index (χ3n) is 2.77. The minimum atomic E-state index is 0.0177. The molecule has 94 valence electrons. The van der Waals surface area contributed by atoms with Crippen LogP contribution >= 0.6 is 0 Å². The van der Waals surface area contributed by atoms with Crippen LogP contribution in [0.1, 0.15) is 59.8 Å². The number of rotatable bonds is 8. The lowest BCUT2D eigenvalue weighted by Crippen LogP contribution is -2.32. The van der Waals surface area contributed by atoms with Gasteiger partial charge in [0.15, 0.2) is 0 Å². The molecule has 0 aromatic carbocycles. The fraction of sp³-hybridized carbons (Fsp3) is 0.786. The summed E-state index contributed by atoms with van der Waals surface area (Å²) in [6, 6.07) is 0. The Kier molecular flexibility index (Phi) is 7.96. The molecule has 0 spiro atoms. The van der Waals surface area contributed by atoms with Gasteiger partial charge in [0.05, 0.1) is 0 Å². The Labute approximate surface area is 101 Å². The molecule has 1 N–H and O–H groups in total. The minimum absolute atomic E-state index is 0.0177. The van der Waals surface area contributed by atoms with Gasteiger partial charge in [-0.1, -0.05) is 52.5 Å². The van der Waals surface area contributed by atoms with Gasteiger partial charge in [-0.15, -0.1) is 0 Å². The van der Waals surface area contributed by atoms with E-state index >= 15 is 0 Å². The van der Waals surface area contributed by atoms with Crippen LogP contribution in [0.3, 0.4) is 0 Å². The SMILES string of the molecule is C/C=C/C(=O)NCC(C)(C)CCCCCC. The second-order valence-corrected chi connectivity index (χ2v) is 5.19. The van der Waals surface area contributed by atoms with E-state index in [0.717, 1.165) is 6.54 Å². The van der Waals surface area contributed by atoms with E-state index in [1.807, 2.05) is 6.92 Å². The predicted octanol–water partition coefficient (Wildman–Crippen LogP) is 3.68. The molecule has 1 amide bonds. The van der Waals surface area contributed by atoms with Gasteiger partial charge in [0, 0.05) is 6.54 Å². The Bertz CT molecular complexity index is 219. The van der Waals surface area contributed by atoms with E-state index in [1.54, 1.807) is 12.2 Å². The highest BCUT2D eigenvalue weighted by Crippen LogP contribution is 2.22. The first-order valence-electron chi connectivity index (χ1n) is 6.42. The molecular formula is C14H27NO. The molecule has 0 aromatic heterocycles. The van der Waals surface area contributed by atoms with E-state index in [4.69, 9.17) is 0 Å². The van der Waals surface area contributed by atoms with Crippen molar-refractivity contribution in [3.63, 3.8) is 0 Å². The van der Waals surface area contributed by atoms with Crippen LogP contribution in [0, 0.1) is 5.41 Å². The molecule has 0 saturated carbocycles. The highest BCUT2D eigenvalue weighted by Gasteiger charge is 2.17. The average molecular weight is 225 g/mol. The van der Waals surface area contributed by atoms with Crippen LogP contribution in [-0.4, -0.2) is 12.5 Å². The van der Waals surface area contributed by atoms with Gasteiger partial charge in [-0.3, -0.25) is 4.79 Å². The van der Waals surface area contributed by atoms with Crippen molar-refractivity contribution in [2.75, 3.05) is 6.54 Å². The molecule has 0 radical (unpaired) electrons. The Balaban J connectivity index is 3.73. The maximum absolute atomic E-state index is 11.3. The number of allylic oxidation sites excluding steroid dienone is 1. The molecule has 0 aromatic rings. The summed E-state index contributed by atoms with van der Waals surface area (Å²) in [5.74, 6) is 0.0177. The highest BCUT2D eigenvalue weighted by atomic mass is 16.1. The number of unbranched alkanes of at least 4 members (excludes halogenated alkanes) is 3. The van der Waals surface area contributed by atoms with Crippen LogP contribution in [0.4, 0.5) is 0 Å². The number of carbonyl (C=O) groups excluding carboxylic acids is 1. The summed E-state index contributed by atoms with van der Waals surface area (Å²) in [5, 5.41) is 2.94. The van der Waals surface area contributed by atoms with Crippen molar-refractivity contribution in [3.05, 3.63) is 12.2 Å². The molecular weight excluding hydrogens is 198 g/mol. The lowest BCUT2D eigenvalue weighted by atomic mass is 9.86. The molecule has 0 fully saturated rings. The zero-order valence-corrected chi connectivity index (χ0v) is 11.3. The second kappa shape index (κ2) is 8.37. The van der Waals surface area contributed by atoms with Crippen molar-refractivity contribution < 1.29 is 4.79 Å². The molecule has 0 aliphatic rings. The van der Waals surface area contributed by atoms with E-state index in [0.29, 0.717) is 0 Å². The number of nitrogens with one attached hydrogen (secondary N) is 1. The molecule has 0 aliphatic heterocycles. The molecule has 16 heavy (non-hydrogen) atoms. The van der Waals surface area contributed by atoms with E-state index in [1.165, 1.54) is 32.1 Å². The molecule has 0 aliphatic carbocycles. The summed E-state index contributed by atoms with van der Waals surface area (Å²) in [5.41, 5.74) is 0.213. The lowest BCUT2D eigenvalue weighted by Gasteiger charge is -2.24. The molecule has 0 rings (SSSR count). The second-order valence-electron chi connectivity index (χ2n) is 5.19. The van der Waals surface area contributed by atoms with Gasteiger partial charge >= 0.3 is 0 Å². The molecule has 2 heteroatoms. The van der Waals surface area contributed by atoms with Crippen LogP contribution < -0.4 is 5.32 Å². The van der Waals surface area contributed by atoms with Crippen LogP contribution in [0.5, 0.6) is 0 Å². The van der Waals surface area contributed by atoms with Gasteiger partial charge in [-0.2, -0.15) is 0 Å². The summed E-state index contributed by atoms with van der Waals surface area (Å²) >= 11 is 0. The molecule has 0 atom stereocenters. The number of amides is 1. The van der Waals surface area contributed by atoms with E-state index in [2.05, 4.69) is 26.1 Å². The zero-order chi connectivity index (χ0) is 12.4. The van der Waals surface area contributed by atoms with Crippen molar-refractivity contribution >= 4 is 5.91 Å². The summed E-state index contributed by atoms with van der Waals surface area (Å²) < 4.78 is 0. The standard InChI is InChI=1S/C14H27NO/c1-5-7-8-9-11-14(3,4)12-15-13(16)10-6-2/h6,10H,5,7-9,11-12H2,1-4H3,(H,15,16)/b10-6+. The van der Waals surface area contributed by atoms with E-state index < -0.39 is 0 Å². The topological polar surface area (TPSA) is 29.1 Å². The zero-order valence-electron chi connectivity index (χ0n) is 11.3. The highest BCUT2D eigenvalue weighted by molar-refractivity contribution is 5.87. The average Bonchev–Trinajstić information content (AvgIpc) is 2.22. The predicted molar refractivity (Wildman–Crippen MR) is 70.4 cm³/mol. The van der Waals surface area contributed by atoms with Crippen LogP contribution in [0.15, 0.2) is 12.2 Å². The van der Waals surface area contributed by atoms with Crippen LogP contribution in [-0.2, 0) is 4.79 Å².